The molecule has 0 saturated heterocycles. The topological polar surface area (TPSA) is 171 Å². The van der Waals surface area contributed by atoms with Crippen LogP contribution < -0.4 is 10.5 Å². The number of nitrogens with two attached hydrogens (primary N) is 1. The molecule has 3 aliphatic rings. The third-order valence-corrected chi connectivity index (χ3v) is 8.02. The second kappa shape index (κ2) is 9.55. The first-order valence-electron chi connectivity index (χ1n) is 12.6. The summed E-state index contributed by atoms with van der Waals surface area (Å²) in [5, 5.41) is 44.6. The van der Waals surface area contributed by atoms with Gasteiger partial charge in [0.05, 0.1) is 18.7 Å². The van der Waals surface area contributed by atoms with E-state index in [0.29, 0.717) is 22.4 Å². The molecule has 5 rings (SSSR count). The van der Waals surface area contributed by atoms with Gasteiger partial charge in [-0.05, 0) is 68.8 Å². The van der Waals surface area contributed by atoms with Gasteiger partial charge in [0.15, 0.2) is 11.4 Å². The highest BCUT2D eigenvalue weighted by Gasteiger charge is 2.63. The van der Waals surface area contributed by atoms with Crippen LogP contribution >= 0.6 is 0 Å². The molecule has 206 valence electrons. The Morgan fingerprint density at radius 3 is 2.50 bits per heavy atom. The van der Waals surface area contributed by atoms with Gasteiger partial charge in [0.25, 0.3) is 5.91 Å². The zero-order valence-electron chi connectivity index (χ0n) is 22.1. The highest BCUT2D eigenvalue weighted by Crippen LogP contribution is 2.52. The number of hydrogen-bond acceptors (Lipinski definition) is 9. The van der Waals surface area contributed by atoms with Gasteiger partial charge in [-0.3, -0.25) is 19.3 Å². The maximum Gasteiger partial charge on any atom is 0.255 e. The van der Waals surface area contributed by atoms with Crippen LogP contribution in [0.1, 0.15) is 33.5 Å². The van der Waals surface area contributed by atoms with Crippen molar-refractivity contribution in [3.8, 4) is 23.3 Å². The Labute approximate surface area is 230 Å². The number of nitrogens with zero attached hydrogens (tertiary/aromatic N) is 1. The predicted molar refractivity (Wildman–Crippen MR) is 143 cm³/mol. The van der Waals surface area contributed by atoms with Gasteiger partial charge in [-0.15, -0.1) is 0 Å². The average Bonchev–Trinajstić information content (AvgIpc) is 2.90. The number of likely N-dealkylation sites (N-methyl/N-ethyl adjacent to an activating group) is 1. The number of aliphatic hydroxyl groups excluding tert-OH is 2. The summed E-state index contributed by atoms with van der Waals surface area (Å²) >= 11 is 0. The van der Waals surface area contributed by atoms with Gasteiger partial charge in [-0.25, -0.2) is 0 Å². The Morgan fingerprint density at radius 2 is 1.85 bits per heavy atom. The molecule has 0 unspecified atom stereocenters. The summed E-state index contributed by atoms with van der Waals surface area (Å²) < 4.78 is 5.24. The molecule has 40 heavy (non-hydrogen) atoms. The zero-order chi connectivity index (χ0) is 29.1. The maximum atomic E-state index is 13.8. The molecule has 0 aliphatic heterocycles. The molecule has 4 atom stereocenters. The molecule has 6 N–H and O–H groups in total. The van der Waals surface area contributed by atoms with E-state index in [9.17, 15) is 34.8 Å². The van der Waals surface area contributed by atoms with E-state index in [1.807, 2.05) is 0 Å². The standard InChI is InChI=1S/C30H28N2O8/c1-32(2)24-19-13-16-12-18-15(8-7-14-5-4-6-17(11-14)40-3)9-10-20(33)22(18)25(34)21(16)27(36)30(19,39)28(37)23(26(24)35)29(31)38/h4-6,9-11,16,19,24,33,35-36,39H,12-13H2,1-3H3,(H2,31,38)/t16-,19-,24-,30-/m1/s1. The molecule has 0 heterocycles. The fraction of sp³-hybridized carbons (Fsp3) is 0.300. The lowest BCUT2D eigenvalue weighted by atomic mass is 9.58. The zero-order valence-corrected chi connectivity index (χ0v) is 22.1. The Kier molecular flexibility index (Phi) is 6.45. The van der Waals surface area contributed by atoms with Crippen LogP contribution in [0.3, 0.4) is 0 Å². The number of phenols is 1. The lowest BCUT2D eigenvalue weighted by Crippen LogP contribution is -2.63. The van der Waals surface area contributed by atoms with Crippen LogP contribution in [0.15, 0.2) is 59.1 Å². The molecular formula is C30H28N2O8. The van der Waals surface area contributed by atoms with E-state index in [0.717, 1.165) is 0 Å². The number of rotatable bonds is 3. The van der Waals surface area contributed by atoms with Crippen LogP contribution in [0.4, 0.5) is 0 Å². The molecule has 10 heteroatoms. The number of ketones is 2. The van der Waals surface area contributed by atoms with Gasteiger partial charge >= 0.3 is 0 Å². The molecule has 0 aromatic heterocycles. The number of methoxy groups -OCH3 is 1. The third-order valence-electron chi connectivity index (χ3n) is 8.02. The number of amides is 1. The van der Waals surface area contributed by atoms with Crippen LogP contribution in [-0.4, -0.2) is 75.6 Å². The molecule has 10 nitrogen and oxygen atoms in total. The largest absolute Gasteiger partial charge is 0.510 e. The van der Waals surface area contributed by atoms with Gasteiger partial charge in [-0.2, -0.15) is 0 Å². The van der Waals surface area contributed by atoms with Crippen LogP contribution in [0.2, 0.25) is 0 Å². The fourth-order valence-electron chi connectivity index (χ4n) is 6.21. The summed E-state index contributed by atoms with van der Waals surface area (Å²) in [5.74, 6) is -0.188. The molecule has 0 spiro atoms. The molecule has 0 bridgehead atoms. The summed E-state index contributed by atoms with van der Waals surface area (Å²) in [7, 11) is 4.71. The van der Waals surface area contributed by atoms with Gasteiger partial charge < -0.3 is 30.9 Å². The SMILES string of the molecule is COc1cccc(C#Cc2ccc(O)c3c2C[C@@H]2C[C@@H]4[C@@H](N(C)C)C(O)=C(C(N)=O)C(=O)[C@]4(O)C(O)=C2C3=O)c1. The quantitative estimate of drug-likeness (QED) is 0.284. The van der Waals surface area contributed by atoms with Crippen molar-refractivity contribution in [2.24, 2.45) is 17.6 Å². The number of carbonyl (C=O) groups excluding carboxylic acids is 3. The van der Waals surface area contributed by atoms with Crippen molar-refractivity contribution >= 4 is 17.5 Å². The second-order valence-corrected chi connectivity index (χ2v) is 10.4. The summed E-state index contributed by atoms with van der Waals surface area (Å²) in [6.45, 7) is 0. The van der Waals surface area contributed by atoms with Crippen molar-refractivity contribution < 1.29 is 39.5 Å². The number of allylic oxidation sites excluding steroid dienone is 1. The van der Waals surface area contributed by atoms with Crippen LogP contribution in [0.5, 0.6) is 11.5 Å². The molecule has 0 radical (unpaired) electrons. The summed E-state index contributed by atoms with van der Waals surface area (Å²) in [6, 6.07) is 9.01. The first-order valence-corrected chi connectivity index (χ1v) is 12.6. The minimum atomic E-state index is -2.68. The van der Waals surface area contributed by atoms with Crippen molar-refractivity contribution in [1.29, 1.82) is 0 Å². The first kappa shape index (κ1) is 27.0. The van der Waals surface area contributed by atoms with E-state index < -0.39 is 58.0 Å². The van der Waals surface area contributed by atoms with Gasteiger partial charge in [0.2, 0.25) is 5.78 Å². The highest BCUT2D eigenvalue weighted by molar-refractivity contribution is 6.24. The summed E-state index contributed by atoms with van der Waals surface area (Å²) in [5.41, 5.74) is 3.17. The number of hydrogen-bond donors (Lipinski definition) is 5. The van der Waals surface area contributed by atoms with Crippen molar-refractivity contribution in [2.45, 2.75) is 24.5 Å². The molecular weight excluding hydrogens is 516 g/mol. The lowest BCUT2D eigenvalue weighted by molar-refractivity contribution is -0.148. The third kappa shape index (κ3) is 3.86. The predicted octanol–water partition coefficient (Wildman–Crippen LogP) is 1.53. The number of benzene rings is 2. The summed E-state index contributed by atoms with van der Waals surface area (Å²) in [4.78, 5) is 40.7. The Hall–Kier alpha value is -4.59. The lowest BCUT2D eigenvalue weighted by Gasteiger charge is -2.50. The number of aromatic hydroxyl groups is 1. The molecule has 1 amide bonds. The number of carbonyl (C=O) groups is 3. The van der Waals surface area contributed by atoms with E-state index in [-0.39, 0.29) is 29.7 Å². The van der Waals surface area contributed by atoms with Crippen LogP contribution in [0, 0.1) is 23.7 Å². The van der Waals surface area contributed by atoms with E-state index in [4.69, 9.17) is 10.5 Å². The smallest absolute Gasteiger partial charge is 0.255 e. The van der Waals surface area contributed by atoms with E-state index >= 15 is 0 Å². The summed E-state index contributed by atoms with van der Waals surface area (Å²) in [6.07, 6.45) is 0.162. The molecule has 2 aromatic rings. The number of phenolic OH excluding ortho intramolecular Hbond substituents is 1. The number of Topliss-reactive ketones (excluding diaryl/α,β-unsaturated/α-hetero) is 2. The minimum Gasteiger partial charge on any atom is -0.510 e. The van der Waals surface area contributed by atoms with Gasteiger partial charge in [0.1, 0.15) is 28.6 Å². The van der Waals surface area contributed by atoms with E-state index in [2.05, 4.69) is 11.8 Å². The fourth-order valence-corrected chi connectivity index (χ4v) is 6.21. The average molecular weight is 545 g/mol. The maximum absolute atomic E-state index is 13.8. The normalized spacial score (nSPS) is 25.6. The minimum absolute atomic E-state index is 0.00414. The van der Waals surface area contributed by atoms with Gasteiger partial charge in [0, 0.05) is 22.6 Å². The molecule has 3 aliphatic carbocycles. The number of fused-ring (bicyclic) bond motifs is 3. The van der Waals surface area contributed by atoms with Gasteiger partial charge in [-0.1, -0.05) is 17.9 Å². The Balaban J connectivity index is 1.66. The van der Waals surface area contributed by atoms with Crippen molar-refractivity contribution in [3.63, 3.8) is 0 Å². The van der Waals surface area contributed by atoms with Crippen LogP contribution in [-0.2, 0) is 16.0 Å². The molecule has 0 fully saturated rings. The van der Waals surface area contributed by atoms with Crippen molar-refractivity contribution in [2.75, 3.05) is 21.2 Å². The number of ether oxygens (including phenoxy) is 1. The Bertz CT molecular complexity index is 1610. The van der Waals surface area contributed by atoms with Crippen molar-refractivity contribution in [1.82, 2.24) is 4.90 Å². The second-order valence-electron chi connectivity index (χ2n) is 10.4. The van der Waals surface area contributed by atoms with Crippen LogP contribution in [0.25, 0.3) is 0 Å². The van der Waals surface area contributed by atoms with Crippen molar-refractivity contribution in [3.05, 3.63) is 81.3 Å². The molecule has 0 saturated carbocycles. The highest BCUT2D eigenvalue weighted by atomic mass is 16.5. The van der Waals surface area contributed by atoms with E-state index in [1.165, 1.54) is 11.0 Å². The molecule has 2 aromatic carbocycles. The van der Waals surface area contributed by atoms with E-state index in [1.54, 1.807) is 51.5 Å². The Morgan fingerprint density at radius 1 is 1.12 bits per heavy atom. The first-order chi connectivity index (χ1) is 18.9. The number of aliphatic hydroxyl groups is 3. The monoisotopic (exact) mass is 544 g/mol. The number of primary amides is 1.